The minimum Gasteiger partial charge on any atom is -0.261 e. The number of hydrogen-bond acceptors (Lipinski definition) is 2. The highest BCUT2D eigenvalue weighted by Gasteiger charge is 2.10. The first kappa shape index (κ1) is 11.6. The van der Waals surface area contributed by atoms with Crippen LogP contribution in [-0.2, 0) is 0 Å². The van der Waals surface area contributed by atoms with Gasteiger partial charge in [-0.3, -0.25) is 4.98 Å². The Morgan fingerprint density at radius 3 is 2.44 bits per heavy atom. The Balaban J connectivity index is 2.60. The van der Waals surface area contributed by atoms with Crippen molar-refractivity contribution >= 4 is 34.8 Å². The van der Waals surface area contributed by atoms with Crippen molar-refractivity contribution in [3.05, 3.63) is 45.5 Å². The van der Waals surface area contributed by atoms with Gasteiger partial charge in [0.15, 0.2) is 0 Å². The van der Waals surface area contributed by atoms with E-state index in [0.717, 1.165) is 6.20 Å². The van der Waals surface area contributed by atoms with Crippen LogP contribution >= 0.6 is 34.8 Å². The van der Waals surface area contributed by atoms with E-state index in [2.05, 4.69) is 9.97 Å². The van der Waals surface area contributed by atoms with E-state index in [1.807, 2.05) is 0 Å². The molecule has 0 atom stereocenters. The smallest absolute Gasteiger partial charge is 0.148 e. The average Bonchev–Trinajstić information content (AvgIpc) is 2.23. The summed E-state index contributed by atoms with van der Waals surface area (Å²) in [7, 11) is 0. The van der Waals surface area contributed by atoms with Crippen molar-refractivity contribution in [3.63, 3.8) is 0 Å². The van der Waals surface area contributed by atoms with E-state index in [4.69, 9.17) is 34.8 Å². The average molecular weight is 278 g/mol. The Kier molecular flexibility index (Phi) is 3.28. The first-order chi connectivity index (χ1) is 7.58. The van der Waals surface area contributed by atoms with Gasteiger partial charge >= 0.3 is 0 Å². The van der Waals surface area contributed by atoms with Gasteiger partial charge in [-0.15, -0.1) is 0 Å². The highest BCUT2D eigenvalue weighted by molar-refractivity contribution is 6.42. The van der Waals surface area contributed by atoms with Gasteiger partial charge < -0.3 is 0 Å². The molecule has 0 saturated heterocycles. The molecular weight excluding hydrogens is 273 g/mol. The van der Waals surface area contributed by atoms with E-state index in [1.54, 1.807) is 0 Å². The number of aromatic nitrogens is 2. The molecular formula is C10H4Cl3FN2. The molecule has 82 valence electrons. The van der Waals surface area contributed by atoms with Crippen LogP contribution in [0.25, 0.3) is 11.3 Å². The maximum absolute atomic E-state index is 13.0. The van der Waals surface area contributed by atoms with Crippen LogP contribution < -0.4 is 0 Å². The molecule has 0 radical (unpaired) electrons. The molecule has 2 aromatic heterocycles. The number of rotatable bonds is 1. The van der Waals surface area contributed by atoms with Crippen molar-refractivity contribution < 1.29 is 4.39 Å². The van der Waals surface area contributed by atoms with Crippen LogP contribution in [0.4, 0.5) is 4.39 Å². The van der Waals surface area contributed by atoms with Gasteiger partial charge in [-0.2, -0.15) is 0 Å². The number of hydrogen-bond donors (Lipinski definition) is 0. The van der Waals surface area contributed by atoms with Crippen molar-refractivity contribution in [2.75, 3.05) is 0 Å². The standard InChI is InChI=1S/C10H4Cl3FN2/c11-7-2-8(12)10(13)16-9(7)5-1-6(14)4-15-3-5/h1-4H. The van der Waals surface area contributed by atoms with Crippen LogP contribution in [0.3, 0.4) is 0 Å². The summed E-state index contributed by atoms with van der Waals surface area (Å²) in [6.07, 6.45) is 2.54. The van der Waals surface area contributed by atoms with Crippen molar-refractivity contribution in [1.82, 2.24) is 9.97 Å². The highest BCUT2D eigenvalue weighted by atomic mass is 35.5. The van der Waals surface area contributed by atoms with Gasteiger partial charge in [0.05, 0.1) is 21.9 Å². The molecule has 2 rings (SSSR count). The molecule has 0 fully saturated rings. The third-order valence-corrected chi connectivity index (χ3v) is 2.83. The van der Waals surface area contributed by atoms with Gasteiger partial charge in [-0.05, 0) is 12.1 Å². The van der Waals surface area contributed by atoms with Gasteiger partial charge in [0, 0.05) is 11.8 Å². The minimum absolute atomic E-state index is 0.116. The minimum atomic E-state index is -0.471. The fraction of sp³-hybridized carbons (Fsp3) is 0. The summed E-state index contributed by atoms with van der Waals surface area (Å²) < 4.78 is 13.0. The molecule has 0 bridgehead atoms. The lowest BCUT2D eigenvalue weighted by Crippen LogP contribution is -1.89. The molecule has 2 heterocycles. The van der Waals surface area contributed by atoms with E-state index in [-0.39, 0.29) is 10.2 Å². The predicted molar refractivity (Wildman–Crippen MR) is 62.5 cm³/mol. The van der Waals surface area contributed by atoms with E-state index in [0.29, 0.717) is 16.3 Å². The van der Waals surface area contributed by atoms with Crippen LogP contribution in [0.2, 0.25) is 15.2 Å². The van der Waals surface area contributed by atoms with Crippen LogP contribution in [0.1, 0.15) is 0 Å². The predicted octanol–water partition coefficient (Wildman–Crippen LogP) is 4.24. The maximum Gasteiger partial charge on any atom is 0.148 e. The third kappa shape index (κ3) is 2.26. The van der Waals surface area contributed by atoms with E-state index in [1.165, 1.54) is 18.3 Å². The van der Waals surface area contributed by atoms with Gasteiger partial charge in [0.25, 0.3) is 0 Å². The molecule has 0 unspecified atom stereocenters. The van der Waals surface area contributed by atoms with Crippen molar-refractivity contribution in [1.29, 1.82) is 0 Å². The molecule has 0 spiro atoms. The zero-order valence-electron chi connectivity index (χ0n) is 7.72. The first-order valence-electron chi connectivity index (χ1n) is 4.20. The van der Waals surface area contributed by atoms with Crippen LogP contribution in [0.15, 0.2) is 24.5 Å². The molecule has 0 aliphatic heterocycles. The van der Waals surface area contributed by atoms with Crippen LogP contribution in [0, 0.1) is 5.82 Å². The van der Waals surface area contributed by atoms with E-state index >= 15 is 0 Å². The highest BCUT2D eigenvalue weighted by Crippen LogP contribution is 2.31. The Labute approximate surface area is 106 Å². The lowest BCUT2D eigenvalue weighted by molar-refractivity contribution is 0.622. The number of halogens is 4. The molecule has 2 nitrogen and oxygen atoms in total. The molecule has 0 amide bonds. The Hall–Kier alpha value is -0.900. The lowest BCUT2D eigenvalue weighted by atomic mass is 10.2. The van der Waals surface area contributed by atoms with Crippen molar-refractivity contribution in [2.45, 2.75) is 0 Å². The van der Waals surface area contributed by atoms with Gasteiger partial charge in [0.1, 0.15) is 11.0 Å². The summed E-state index contributed by atoms with van der Waals surface area (Å²) in [5.41, 5.74) is 0.798. The lowest BCUT2D eigenvalue weighted by Gasteiger charge is -2.05. The largest absolute Gasteiger partial charge is 0.261 e. The molecule has 0 aliphatic rings. The Morgan fingerprint density at radius 1 is 1.00 bits per heavy atom. The first-order valence-corrected chi connectivity index (χ1v) is 5.34. The molecule has 6 heteroatoms. The Bertz CT molecular complexity index is 546. The van der Waals surface area contributed by atoms with E-state index < -0.39 is 5.82 Å². The summed E-state index contributed by atoms with van der Waals surface area (Å²) in [6, 6.07) is 2.73. The molecule has 2 aromatic rings. The van der Waals surface area contributed by atoms with Crippen molar-refractivity contribution in [3.8, 4) is 11.3 Å². The zero-order valence-corrected chi connectivity index (χ0v) is 9.98. The fourth-order valence-corrected chi connectivity index (χ4v) is 1.79. The molecule has 0 aromatic carbocycles. The second-order valence-corrected chi connectivity index (χ2v) is 4.16. The zero-order chi connectivity index (χ0) is 11.7. The molecule has 0 aliphatic carbocycles. The quantitative estimate of drug-likeness (QED) is 0.729. The summed E-state index contributed by atoms with van der Waals surface area (Å²) >= 11 is 17.4. The number of nitrogens with zero attached hydrogens (tertiary/aromatic N) is 2. The van der Waals surface area contributed by atoms with Crippen LogP contribution in [0.5, 0.6) is 0 Å². The maximum atomic E-state index is 13.0. The van der Waals surface area contributed by atoms with Crippen LogP contribution in [-0.4, -0.2) is 9.97 Å². The monoisotopic (exact) mass is 276 g/mol. The second kappa shape index (κ2) is 4.53. The topological polar surface area (TPSA) is 25.8 Å². The number of pyridine rings is 2. The third-order valence-electron chi connectivity index (χ3n) is 1.87. The second-order valence-electron chi connectivity index (χ2n) is 2.98. The normalized spacial score (nSPS) is 10.5. The Morgan fingerprint density at radius 2 is 1.75 bits per heavy atom. The van der Waals surface area contributed by atoms with E-state index in [9.17, 15) is 4.39 Å². The molecule has 0 saturated carbocycles. The molecule has 0 N–H and O–H groups in total. The fourth-order valence-electron chi connectivity index (χ4n) is 1.19. The summed E-state index contributed by atoms with van der Waals surface area (Å²) in [5.74, 6) is -0.471. The van der Waals surface area contributed by atoms with Gasteiger partial charge in [0.2, 0.25) is 0 Å². The summed E-state index contributed by atoms with van der Waals surface area (Å²) in [6.45, 7) is 0. The SMILES string of the molecule is Fc1cncc(-c2nc(Cl)c(Cl)cc2Cl)c1. The summed E-state index contributed by atoms with van der Waals surface area (Å²) in [4.78, 5) is 7.68. The van der Waals surface area contributed by atoms with Crippen molar-refractivity contribution in [2.24, 2.45) is 0 Å². The molecule has 16 heavy (non-hydrogen) atoms. The van der Waals surface area contributed by atoms with Gasteiger partial charge in [-0.25, -0.2) is 9.37 Å². The van der Waals surface area contributed by atoms with Gasteiger partial charge in [-0.1, -0.05) is 34.8 Å². The summed E-state index contributed by atoms with van der Waals surface area (Å²) in [5, 5.41) is 0.659.